The third kappa shape index (κ3) is 2.95. The predicted octanol–water partition coefficient (Wildman–Crippen LogP) is 3.09. The molecular weight excluding hydrogens is 184 g/mol. The van der Waals surface area contributed by atoms with Gasteiger partial charge in [-0.3, -0.25) is 5.32 Å². The Kier molecular flexibility index (Phi) is 4.16. The van der Waals surface area contributed by atoms with E-state index in [1.165, 1.54) is 6.42 Å². The molecule has 1 rings (SSSR count). The zero-order valence-electron chi connectivity index (χ0n) is 10.5. The van der Waals surface area contributed by atoms with E-state index in [0.29, 0.717) is 12.0 Å². The highest BCUT2D eigenvalue weighted by Gasteiger charge is 2.38. The van der Waals surface area contributed by atoms with E-state index in [-0.39, 0.29) is 5.54 Å². The monoisotopic (exact) mass is 208 g/mol. The lowest BCUT2D eigenvalue weighted by Crippen LogP contribution is -2.52. The molecule has 0 saturated heterocycles. The van der Waals surface area contributed by atoms with Crippen LogP contribution < -0.4 is 5.32 Å². The summed E-state index contributed by atoms with van der Waals surface area (Å²) in [5, 5.41) is 12.9. The summed E-state index contributed by atoms with van der Waals surface area (Å²) in [5.74, 6) is 1.43. The Morgan fingerprint density at radius 1 is 1.47 bits per heavy atom. The van der Waals surface area contributed by atoms with Crippen molar-refractivity contribution in [1.82, 2.24) is 5.32 Å². The number of rotatable bonds is 3. The van der Waals surface area contributed by atoms with Gasteiger partial charge in [0.1, 0.15) is 5.54 Å². The quantitative estimate of drug-likeness (QED) is 0.773. The second-order valence-corrected chi connectivity index (χ2v) is 5.34. The first kappa shape index (κ1) is 12.5. The average Bonchev–Trinajstić information content (AvgIpc) is 2.23. The third-order valence-corrected chi connectivity index (χ3v) is 4.02. The van der Waals surface area contributed by atoms with Gasteiger partial charge in [0, 0.05) is 6.04 Å². The third-order valence-electron chi connectivity index (χ3n) is 4.02. The van der Waals surface area contributed by atoms with Crippen molar-refractivity contribution in [1.29, 1.82) is 5.26 Å². The molecule has 1 aliphatic carbocycles. The highest BCUT2D eigenvalue weighted by atomic mass is 15.0. The van der Waals surface area contributed by atoms with Crippen LogP contribution in [0.1, 0.15) is 53.4 Å². The summed E-state index contributed by atoms with van der Waals surface area (Å²) in [7, 11) is 0. The van der Waals surface area contributed by atoms with Crippen LogP contribution in [0.5, 0.6) is 0 Å². The first-order valence-corrected chi connectivity index (χ1v) is 6.22. The van der Waals surface area contributed by atoms with Crippen LogP contribution in [-0.4, -0.2) is 11.6 Å². The number of hydrogen-bond acceptors (Lipinski definition) is 2. The molecule has 4 atom stereocenters. The Balaban J connectivity index is 2.66. The minimum Gasteiger partial charge on any atom is -0.297 e. The van der Waals surface area contributed by atoms with Gasteiger partial charge in [0.15, 0.2) is 0 Å². The molecule has 0 radical (unpaired) electrons. The van der Waals surface area contributed by atoms with Gasteiger partial charge >= 0.3 is 0 Å². The van der Waals surface area contributed by atoms with Crippen LogP contribution in [0.4, 0.5) is 0 Å². The van der Waals surface area contributed by atoms with Gasteiger partial charge in [0.2, 0.25) is 0 Å². The summed E-state index contributed by atoms with van der Waals surface area (Å²) in [6.45, 7) is 8.91. The van der Waals surface area contributed by atoms with Gasteiger partial charge in [-0.1, -0.05) is 20.8 Å². The maximum Gasteiger partial charge on any atom is 0.107 e. The lowest BCUT2D eigenvalue weighted by atomic mass is 9.71. The maximum atomic E-state index is 9.38. The molecule has 2 nitrogen and oxygen atoms in total. The summed E-state index contributed by atoms with van der Waals surface area (Å²) >= 11 is 0. The Hall–Kier alpha value is -0.550. The fraction of sp³-hybridized carbons (Fsp3) is 0.923. The van der Waals surface area contributed by atoms with Gasteiger partial charge in [-0.05, 0) is 44.4 Å². The van der Waals surface area contributed by atoms with E-state index in [1.54, 1.807) is 0 Å². The summed E-state index contributed by atoms with van der Waals surface area (Å²) in [5.41, 5.74) is -0.249. The normalized spacial score (nSPS) is 38.3. The molecule has 0 amide bonds. The van der Waals surface area contributed by atoms with Crippen LogP contribution in [0.2, 0.25) is 0 Å². The summed E-state index contributed by atoms with van der Waals surface area (Å²) in [4.78, 5) is 0. The highest BCUT2D eigenvalue weighted by Crippen LogP contribution is 2.36. The fourth-order valence-electron chi connectivity index (χ4n) is 2.45. The maximum absolute atomic E-state index is 9.38. The van der Waals surface area contributed by atoms with Gasteiger partial charge < -0.3 is 0 Å². The molecule has 1 N–H and O–H groups in total. The summed E-state index contributed by atoms with van der Waals surface area (Å²) in [6, 6.07) is 2.97. The molecule has 0 spiro atoms. The van der Waals surface area contributed by atoms with E-state index >= 15 is 0 Å². The average molecular weight is 208 g/mol. The predicted molar refractivity (Wildman–Crippen MR) is 63.4 cm³/mol. The second kappa shape index (κ2) is 4.99. The van der Waals surface area contributed by atoms with E-state index in [0.717, 1.165) is 25.2 Å². The summed E-state index contributed by atoms with van der Waals surface area (Å²) in [6.07, 6.45) is 4.29. The fourth-order valence-corrected chi connectivity index (χ4v) is 2.45. The number of hydrogen-bond donors (Lipinski definition) is 1. The van der Waals surface area contributed by atoms with Crippen LogP contribution in [0.15, 0.2) is 0 Å². The molecule has 0 aromatic rings. The second-order valence-electron chi connectivity index (χ2n) is 5.34. The van der Waals surface area contributed by atoms with Crippen LogP contribution in [0.3, 0.4) is 0 Å². The van der Waals surface area contributed by atoms with E-state index in [2.05, 4.69) is 39.1 Å². The molecule has 1 fully saturated rings. The zero-order valence-corrected chi connectivity index (χ0v) is 10.5. The van der Waals surface area contributed by atoms with Crippen molar-refractivity contribution in [3.05, 3.63) is 0 Å². The molecular formula is C13H24N2. The molecule has 15 heavy (non-hydrogen) atoms. The molecule has 1 aliphatic rings. The van der Waals surface area contributed by atoms with Crippen LogP contribution >= 0.6 is 0 Å². The van der Waals surface area contributed by atoms with Crippen LogP contribution in [0, 0.1) is 23.2 Å². The molecule has 0 aliphatic heterocycles. The molecule has 0 aromatic carbocycles. The van der Waals surface area contributed by atoms with Crippen molar-refractivity contribution in [2.24, 2.45) is 11.8 Å². The molecule has 0 bridgehead atoms. The molecule has 1 saturated carbocycles. The van der Waals surface area contributed by atoms with Crippen LogP contribution in [0.25, 0.3) is 0 Å². The molecule has 86 valence electrons. The van der Waals surface area contributed by atoms with E-state index in [1.807, 2.05) is 0 Å². The molecule has 0 aromatic heterocycles. The van der Waals surface area contributed by atoms with Gasteiger partial charge in [-0.25, -0.2) is 0 Å². The Morgan fingerprint density at radius 3 is 2.60 bits per heavy atom. The van der Waals surface area contributed by atoms with E-state index in [4.69, 9.17) is 0 Å². The summed E-state index contributed by atoms with van der Waals surface area (Å²) < 4.78 is 0. The van der Waals surface area contributed by atoms with Crippen molar-refractivity contribution < 1.29 is 0 Å². The highest BCUT2D eigenvalue weighted by molar-refractivity contribution is 5.10. The van der Waals surface area contributed by atoms with Gasteiger partial charge in [0.05, 0.1) is 6.07 Å². The minimum absolute atomic E-state index is 0.249. The van der Waals surface area contributed by atoms with Crippen molar-refractivity contribution >= 4 is 0 Å². The number of nitriles is 1. The Labute approximate surface area is 94.1 Å². The lowest BCUT2D eigenvalue weighted by Gasteiger charge is -2.40. The Morgan fingerprint density at radius 2 is 2.13 bits per heavy atom. The molecule has 0 heterocycles. The lowest BCUT2D eigenvalue weighted by molar-refractivity contribution is 0.171. The molecule has 4 unspecified atom stereocenters. The van der Waals surface area contributed by atoms with Gasteiger partial charge in [-0.2, -0.15) is 5.26 Å². The van der Waals surface area contributed by atoms with Crippen molar-refractivity contribution in [3.63, 3.8) is 0 Å². The SMILES string of the molecule is CCC(C)NC1(C#N)CCC(C)C(C)C1. The van der Waals surface area contributed by atoms with Crippen molar-refractivity contribution in [2.75, 3.05) is 0 Å². The zero-order chi connectivity index (χ0) is 11.5. The molecule has 2 heteroatoms. The minimum atomic E-state index is -0.249. The van der Waals surface area contributed by atoms with Crippen molar-refractivity contribution in [2.45, 2.75) is 65.0 Å². The smallest absolute Gasteiger partial charge is 0.107 e. The van der Waals surface area contributed by atoms with Gasteiger partial charge in [0.25, 0.3) is 0 Å². The topological polar surface area (TPSA) is 35.8 Å². The van der Waals surface area contributed by atoms with Crippen LogP contribution in [-0.2, 0) is 0 Å². The van der Waals surface area contributed by atoms with Gasteiger partial charge in [-0.15, -0.1) is 0 Å². The Bertz CT molecular complexity index is 239. The van der Waals surface area contributed by atoms with E-state index < -0.39 is 0 Å². The van der Waals surface area contributed by atoms with Crippen molar-refractivity contribution in [3.8, 4) is 6.07 Å². The first-order valence-electron chi connectivity index (χ1n) is 6.22. The standard InChI is InChI=1S/C13H24N2/c1-5-12(4)15-13(9-14)7-6-10(2)11(3)8-13/h10-12,15H,5-8H2,1-4H3. The largest absolute Gasteiger partial charge is 0.297 e. The van der Waals surface area contributed by atoms with E-state index in [9.17, 15) is 5.26 Å². The first-order chi connectivity index (χ1) is 7.03. The number of nitrogens with zero attached hydrogens (tertiary/aromatic N) is 1. The number of nitrogens with one attached hydrogen (secondary N) is 1.